The van der Waals surface area contributed by atoms with E-state index in [2.05, 4.69) is 36.1 Å². The van der Waals surface area contributed by atoms with E-state index < -0.39 is 23.6 Å². The van der Waals surface area contributed by atoms with E-state index in [1.165, 1.54) is 19.2 Å². The number of rotatable bonds is 11. The Morgan fingerprint density at radius 2 is 1.72 bits per heavy atom. The van der Waals surface area contributed by atoms with Crippen molar-refractivity contribution < 1.29 is 32.3 Å². The molecule has 4 N–H and O–H groups in total. The molecule has 11 nitrogen and oxygen atoms in total. The fourth-order valence-electron chi connectivity index (χ4n) is 7.03. The maximum Gasteiger partial charge on any atom is 0.419 e. The Balaban J connectivity index is 1.16. The van der Waals surface area contributed by atoms with Gasteiger partial charge in [-0.1, -0.05) is 18.2 Å². The summed E-state index contributed by atoms with van der Waals surface area (Å²) in [5.74, 6) is -0.385. The first-order chi connectivity index (χ1) is 25.8. The van der Waals surface area contributed by atoms with Crippen molar-refractivity contribution in [1.29, 1.82) is 0 Å². The van der Waals surface area contributed by atoms with Crippen LogP contribution in [0.25, 0.3) is 0 Å². The van der Waals surface area contributed by atoms with Crippen molar-refractivity contribution in [2.75, 3.05) is 30.8 Å². The zero-order valence-corrected chi connectivity index (χ0v) is 30.6. The fraction of sp³-hybridized carbons (Fsp3) is 0.375. The number of alkyl halides is 3. The summed E-state index contributed by atoms with van der Waals surface area (Å²) in [5.41, 5.74) is 3.64. The molecule has 4 heterocycles. The van der Waals surface area contributed by atoms with Crippen LogP contribution in [0.15, 0.2) is 67.0 Å². The topological polar surface area (TPSA) is 138 Å². The minimum atomic E-state index is -4.70. The summed E-state index contributed by atoms with van der Waals surface area (Å²) in [5, 5.41) is 10.9. The largest absolute Gasteiger partial charge is 0.489 e. The molecule has 0 aliphatic carbocycles. The minimum absolute atomic E-state index is 0.164. The average Bonchev–Trinajstić information content (AvgIpc) is 3.13. The lowest BCUT2D eigenvalue weighted by atomic mass is 9.86. The van der Waals surface area contributed by atoms with Gasteiger partial charge in [-0.2, -0.15) is 13.2 Å². The lowest BCUT2D eigenvalue weighted by Gasteiger charge is -2.33. The molecule has 3 amide bonds. The Morgan fingerprint density at radius 1 is 0.963 bits per heavy atom. The van der Waals surface area contributed by atoms with Gasteiger partial charge in [0.15, 0.2) is 0 Å². The highest BCUT2D eigenvalue weighted by atomic mass is 19.4. The van der Waals surface area contributed by atoms with Crippen molar-refractivity contribution >= 4 is 40.6 Å². The van der Waals surface area contributed by atoms with Crippen LogP contribution in [0.5, 0.6) is 5.75 Å². The lowest BCUT2D eigenvalue weighted by Crippen LogP contribution is -2.39. The van der Waals surface area contributed by atoms with Crippen LogP contribution in [0.1, 0.15) is 89.7 Å². The minimum Gasteiger partial charge on any atom is -0.489 e. The highest BCUT2D eigenvalue weighted by molar-refractivity contribution is 6.01. The van der Waals surface area contributed by atoms with Crippen molar-refractivity contribution in [2.45, 2.75) is 77.1 Å². The fourth-order valence-corrected chi connectivity index (χ4v) is 7.03. The first-order valence-corrected chi connectivity index (χ1v) is 18.0. The second-order valence-electron chi connectivity index (χ2n) is 14.0. The van der Waals surface area contributed by atoms with Crippen LogP contribution in [-0.4, -0.2) is 58.8 Å². The molecule has 0 bridgehead atoms. The molecule has 2 aliphatic heterocycles. The number of aromatic nitrogens is 2. The maximum absolute atomic E-state index is 14.1. The molecule has 2 aliphatic rings. The summed E-state index contributed by atoms with van der Waals surface area (Å²) < 4.78 is 48.6. The van der Waals surface area contributed by atoms with Gasteiger partial charge in [-0.05, 0) is 106 Å². The summed E-state index contributed by atoms with van der Waals surface area (Å²) in [6.07, 6.45) is 0.329. The molecule has 0 radical (unpaired) electrons. The highest BCUT2D eigenvalue weighted by Gasteiger charge is 2.35. The predicted molar refractivity (Wildman–Crippen MR) is 199 cm³/mol. The number of aryl methyl sites for hydroxylation is 1. The van der Waals surface area contributed by atoms with E-state index in [4.69, 9.17) is 4.74 Å². The third kappa shape index (κ3) is 8.99. The van der Waals surface area contributed by atoms with Gasteiger partial charge in [0.25, 0.3) is 5.91 Å². The van der Waals surface area contributed by atoms with Gasteiger partial charge in [0.05, 0.1) is 45.9 Å². The standard InChI is InChI=1S/C40H44F3N7O4/c1-23(2)54-35-18-29(26-13-15-50(16-14-26)22-25-9-11-31(45-20-25)28-10-12-37(51)49-39(28)53)24(3)17-34(35)48-36-19-33(30(21-46-36)40(41,42)43)47-32-8-6-5-7-27(32)38(52)44-4/h5-9,11,17-21,23,26,28H,10,12-16,22H2,1-4H3,(H,44,52)(H2,46,47,48)(H,49,51,53). The Kier molecular flexibility index (Phi) is 11.5. The molecular formula is C40H44F3N7O4. The van der Waals surface area contributed by atoms with Gasteiger partial charge in [-0.3, -0.25) is 29.6 Å². The first-order valence-electron chi connectivity index (χ1n) is 18.0. The smallest absolute Gasteiger partial charge is 0.419 e. The zero-order valence-electron chi connectivity index (χ0n) is 30.6. The summed E-state index contributed by atoms with van der Waals surface area (Å²) in [4.78, 5) is 47.3. The molecular weight excluding hydrogens is 699 g/mol. The SMILES string of the molecule is CNC(=O)c1ccccc1Nc1cc(Nc2cc(C)c(C3CCN(Cc4ccc(C5CCC(=O)NC5=O)nc4)CC3)cc2OC(C)C)ncc1C(F)(F)F. The first kappa shape index (κ1) is 38.2. The number of nitrogens with zero attached hydrogens (tertiary/aromatic N) is 3. The normalized spacial score (nSPS) is 16.9. The number of carbonyl (C=O) groups excluding carboxylic acids is 3. The summed E-state index contributed by atoms with van der Waals surface area (Å²) in [6.45, 7) is 8.31. The van der Waals surface area contributed by atoms with Crippen molar-refractivity contribution in [2.24, 2.45) is 0 Å². The van der Waals surface area contributed by atoms with Crippen LogP contribution in [0, 0.1) is 6.92 Å². The molecule has 1 unspecified atom stereocenters. The molecule has 2 aromatic carbocycles. The number of ether oxygens (including phenoxy) is 1. The van der Waals surface area contributed by atoms with E-state index in [1.54, 1.807) is 18.2 Å². The molecule has 2 saturated heterocycles. The number of hydrogen-bond acceptors (Lipinski definition) is 9. The number of amides is 3. The van der Waals surface area contributed by atoms with E-state index in [0.29, 0.717) is 30.0 Å². The Morgan fingerprint density at radius 3 is 2.39 bits per heavy atom. The Bertz CT molecular complexity index is 2010. The molecule has 2 aromatic heterocycles. The number of halogens is 3. The van der Waals surface area contributed by atoms with Crippen LogP contribution >= 0.6 is 0 Å². The van der Waals surface area contributed by atoms with Gasteiger partial charge in [-0.15, -0.1) is 0 Å². The number of nitrogens with one attached hydrogen (secondary N) is 4. The maximum atomic E-state index is 14.1. The van der Waals surface area contributed by atoms with Gasteiger partial charge in [0, 0.05) is 38.5 Å². The molecule has 54 heavy (non-hydrogen) atoms. The van der Waals surface area contributed by atoms with Crippen molar-refractivity contribution in [3.8, 4) is 5.75 Å². The Labute approximate surface area is 312 Å². The molecule has 0 saturated carbocycles. The molecule has 1 atom stereocenters. The monoisotopic (exact) mass is 743 g/mol. The number of carbonyl (C=O) groups is 3. The van der Waals surface area contributed by atoms with E-state index in [0.717, 1.165) is 55.4 Å². The molecule has 14 heteroatoms. The van der Waals surface area contributed by atoms with Crippen molar-refractivity contribution in [3.63, 3.8) is 0 Å². The van der Waals surface area contributed by atoms with E-state index in [9.17, 15) is 27.6 Å². The second-order valence-corrected chi connectivity index (χ2v) is 14.0. The van der Waals surface area contributed by atoms with Crippen molar-refractivity contribution in [3.05, 3.63) is 101 Å². The number of piperidine rings is 2. The van der Waals surface area contributed by atoms with Crippen LogP contribution in [-0.2, 0) is 22.3 Å². The second kappa shape index (κ2) is 16.3. The quantitative estimate of drug-likeness (QED) is 0.116. The number of benzene rings is 2. The number of pyridine rings is 2. The zero-order chi connectivity index (χ0) is 38.6. The van der Waals surface area contributed by atoms with E-state index in [-0.39, 0.29) is 46.6 Å². The van der Waals surface area contributed by atoms with Crippen LogP contribution in [0.2, 0.25) is 0 Å². The van der Waals surface area contributed by atoms with Crippen molar-refractivity contribution in [1.82, 2.24) is 25.5 Å². The van der Waals surface area contributed by atoms with Gasteiger partial charge < -0.3 is 20.7 Å². The number of hydrogen-bond donors (Lipinski definition) is 4. The summed E-state index contributed by atoms with van der Waals surface area (Å²) >= 11 is 0. The summed E-state index contributed by atoms with van der Waals surface area (Å²) in [7, 11) is 1.45. The van der Waals surface area contributed by atoms with Gasteiger partial charge in [-0.25, -0.2) is 4.98 Å². The molecule has 0 spiro atoms. The number of imide groups is 1. The number of likely N-dealkylation sites (tertiary alicyclic amines) is 1. The van der Waals surface area contributed by atoms with Crippen LogP contribution in [0.4, 0.5) is 36.1 Å². The van der Waals surface area contributed by atoms with Gasteiger partial charge in [0.2, 0.25) is 11.8 Å². The molecule has 284 valence electrons. The van der Waals surface area contributed by atoms with Gasteiger partial charge >= 0.3 is 6.18 Å². The molecule has 2 fully saturated rings. The lowest BCUT2D eigenvalue weighted by molar-refractivity contribution is -0.137. The average molecular weight is 744 g/mol. The van der Waals surface area contributed by atoms with Gasteiger partial charge in [0.1, 0.15) is 11.6 Å². The molecule has 4 aromatic rings. The van der Waals surface area contributed by atoms with E-state index in [1.807, 2.05) is 51.2 Å². The number of para-hydroxylation sites is 1. The summed E-state index contributed by atoms with van der Waals surface area (Å²) in [6, 6.07) is 15.5. The van der Waals surface area contributed by atoms with Crippen LogP contribution < -0.4 is 26.0 Å². The van der Waals surface area contributed by atoms with Crippen LogP contribution in [0.3, 0.4) is 0 Å². The van der Waals surface area contributed by atoms with E-state index >= 15 is 0 Å². The molecule has 6 rings (SSSR count). The third-order valence-electron chi connectivity index (χ3n) is 9.75. The number of anilines is 4. The third-order valence-corrected chi connectivity index (χ3v) is 9.75. The Hall–Kier alpha value is -5.50. The highest BCUT2D eigenvalue weighted by Crippen LogP contribution is 2.41. The predicted octanol–water partition coefficient (Wildman–Crippen LogP) is 7.34.